The predicted molar refractivity (Wildman–Crippen MR) is 53.8 cm³/mol. The molecule has 1 N–H and O–H groups in total. The molecule has 1 aliphatic carbocycles. The van der Waals surface area contributed by atoms with Crippen LogP contribution in [0.1, 0.15) is 13.3 Å². The van der Waals surface area contributed by atoms with Gasteiger partial charge < -0.3 is 5.32 Å². The van der Waals surface area contributed by atoms with Crippen LogP contribution in [-0.4, -0.2) is 7.05 Å². The minimum Gasteiger partial charge on any atom is -0.388 e. The molecule has 0 atom stereocenters. The first-order valence-corrected chi connectivity index (χ1v) is 4.12. The van der Waals surface area contributed by atoms with E-state index in [0.29, 0.717) is 0 Å². The second-order valence-corrected chi connectivity index (χ2v) is 2.84. The van der Waals surface area contributed by atoms with Gasteiger partial charge in [0.15, 0.2) is 0 Å². The summed E-state index contributed by atoms with van der Waals surface area (Å²) in [6.45, 7) is 9.61. The lowest BCUT2D eigenvalue weighted by Gasteiger charge is -2.27. The molecule has 0 heterocycles. The van der Waals surface area contributed by atoms with Crippen molar-refractivity contribution in [2.45, 2.75) is 13.3 Å². The van der Waals surface area contributed by atoms with Crippen LogP contribution < -0.4 is 5.32 Å². The molecule has 1 nitrogen and oxygen atoms in total. The van der Waals surface area contributed by atoms with Crippen LogP contribution in [-0.2, 0) is 0 Å². The minimum absolute atomic E-state index is 0.925. The van der Waals surface area contributed by atoms with E-state index in [1.54, 1.807) is 0 Å². The Kier molecular flexibility index (Phi) is 2.54. The van der Waals surface area contributed by atoms with Crippen molar-refractivity contribution in [1.29, 1.82) is 0 Å². The van der Waals surface area contributed by atoms with Crippen molar-refractivity contribution in [1.82, 2.24) is 5.32 Å². The molecular weight excluding hydrogens is 146 g/mol. The molecule has 1 heteroatoms. The van der Waals surface area contributed by atoms with Crippen LogP contribution in [0, 0.1) is 0 Å². The van der Waals surface area contributed by atoms with Gasteiger partial charge in [-0.3, -0.25) is 0 Å². The number of allylic oxidation sites excluding steroid dienone is 5. The second-order valence-electron chi connectivity index (χ2n) is 2.84. The number of hydrogen-bond acceptors (Lipinski definition) is 1. The average Bonchev–Trinajstić information content (AvgIpc) is 2.06. The molecule has 0 aromatic carbocycles. The summed E-state index contributed by atoms with van der Waals surface area (Å²) >= 11 is 0. The summed E-state index contributed by atoms with van der Waals surface area (Å²) in [7, 11) is 1.95. The maximum atomic E-state index is 3.78. The van der Waals surface area contributed by atoms with Crippen LogP contribution in [0.25, 0.3) is 0 Å². The maximum absolute atomic E-state index is 3.78. The van der Waals surface area contributed by atoms with Gasteiger partial charge in [-0.25, -0.2) is 0 Å². The van der Waals surface area contributed by atoms with Crippen molar-refractivity contribution < 1.29 is 0 Å². The van der Waals surface area contributed by atoms with E-state index in [9.17, 15) is 0 Å². The Labute approximate surface area is 74.2 Å². The van der Waals surface area contributed by atoms with E-state index in [1.807, 2.05) is 19.2 Å². The molecule has 0 bridgehead atoms. The van der Waals surface area contributed by atoms with Crippen LogP contribution in [0.5, 0.6) is 0 Å². The molecular formula is C11H15N. The third-order valence-corrected chi connectivity index (χ3v) is 2.21. The third-order valence-electron chi connectivity index (χ3n) is 2.21. The Bertz CT molecular complexity index is 279. The Morgan fingerprint density at radius 3 is 2.50 bits per heavy atom. The fraction of sp³-hybridized carbons (Fsp3) is 0.273. The quantitative estimate of drug-likeness (QED) is 0.625. The van der Waals surface area contributed by atoms with E-state index >= 15 is 0 Å². The zero-order chi connectivity index (χ0) is 9.14. The number of nitrogens with one attached hydrogen (secondary N) is 1. The van der Waals surface area contributed by atoms with Crippen molar-refractivity contribution in [2.24, 2.45) is 0 Å². The standard InChI is InChI=1S/C11H15N/c1-5-7-10-9(6-2)8(3)11(10)12-4/h5-6,12H,1-2,7H2,3-4H3. The molecule has 12 heavy (non-hydrogen) atoms. The molecule has 0 aromatic heterocycles. The van der Waals surface area contributed by atoms with Crippen molar-refractivity contribution in [2.75, 3.05) is 7.05 Å². The molecule has 0 spiro atoms. The molecule has 0 amide bonds. The van der Waals surface area contributed by atoms with Gasteiger partial charge >= 0.3 is 0 Å². The van der Waals surface area contributed by atoms with Crippen molar-refractivity contribution >= 4 is 0 Å². The summed E-state index contributed by atoms with van der Waals surface area (Å²) in [4.78, 5) is 0. The van der Waals surface area contributed by atoms with Crippen LogP contribution in [0.2, 0.25) is 0 Å². The first-order chi connectivity index (χ1) is 5.76. The first kappa shape index (κ1) is 8.85. The molecule has 0 radical (unpaired) electrons. The molecule has 0 unspecified atom stereocenters. The highest BCUT2D eigenvalue weighted by Gasteiger charge is 2.21. The second kappa shape index (κ2) is 3.44. The third kappa shape index (κ3) is 1.11. The lowest BCUT2D eigenvalue weighted by Crippen LogP contribution is -2.19. The molecule has 1 aliphatic rings. The Morgan fingerprint density at radius 2 is 2.08 bits per heavy atom. The molecule has 1 rings (SSSR count). The van der Waals surface area contributed by atoms with Crippen molar-refractivity contribution in [3.63, 3.8) is 0 Å². The minimum atomic E-state index is 0.925. The van der Waals surface area contributed by atoms with E-state index in [-0.39, 0.29) is 0 Å². The van der Waals surface area contributed by atoms with Crippen LogP contribution in [0.4, 0.5) is 0 Å². The summed E-state index contributed by atoms with van der Waals surface area (Å²) in [5.41, 5.74) is 5.17. The number of rotatable bonds is 4. The summed E-state index contributed by atoms with van der Waals surface area (Å²) in [6, 6.07) is 0. The Morgan fingerprint density at radius 1 is 1.42 bits per heavy atom. The van der Waals surface area contributed by atoms with E-state index in [4.69, 9.17) is 0 Å². The highest BCUT2D eigenvalue weighted by atomic mass is 14.8. The molecule has 0 aromatic rings. The van der Waals surface area contributed by atoms with Gasteiger partial charge in [0.2, 0.25) is 0 Å². The van der Waals surface area contributed by atoms with Gasteiger partial charge in [-0.1, -0.05) is 18.7 Å². The van der Waals surface area contributed by atoms with Gasteiger partial charge in [0, 0.05) is 12.7 Å². The van der Waals surface area contributed by atoms with E-state index in [2.05, 4.69) is 25.4 Å². The van der Waals surface area contributed by atoms with E-state index < -0.39 is 0 Å². The lowest BCUT2D eigenvalue weighted by molar-refractivity contribution is 0.911. The molecule has 0 aliphatic heterocycles. The molecule has 0 saturated heterocycles. The smallest absolute Gasteiger partial charge is 0.0415 e. The van der Waals surface area contributed by atoms with Crippen LogP contribution in [0.3, 0.4) is 0 Å². The summed E-state index contributed by atoms with van der Waals surface area (Å²) in [5.74, 6) is 0. The van der Waals surface area contributed by atoms with Crippen LogP contribution in [0.15, 0.2) is 47.7 Å². The van der Waals surface area contributed by atoms with E-state index in [1.165, 1.54) is 22.4 Å². The predicted octanol–water partition coefficient (Wildman–Crippen LogP) is 2.55. The molecule has 0 fully saturated rings. The average molecular weight is 161 g/mol. The summed E-state index contributed by atoms with van der Waals surface area (Å²) < 4.78 is 0. The topological polar surface area (TPSA) is 12.0 Å². The fourth-order valence-corrected chi connectivity index (χ4v) is 1.63. The van der Waals surface area contributed by atoms with Gasteiger partial charge in [-0.15, -0.1) is 6.58 Å². The normalized spacial score (nSPS) is 15.8. The van der Waals surface area contributed by atoms with Gasteiger partial charge in [-0.05, 0) is 30.1 Å². The lowest BCUT2D eigenvalue weighted by atomic mass is 9.84. The molecule has 0 saturated carbocycles. The summed E-state index contributed by atoms with van der Waals surface area (Å²) in [6.07, 6.45) is 4.76. The monoisotopic (exact) mass is 161 g/mol. The van der Waals surface area contributed by atoms with Gasteiger partial charge in [0.05, 0.1) is 0 Å². The summed E-state index contributed by atoms with van der Waals surface area (Å²) in [5, 5.41) is 3.18. The fourth-order valence-electron chi connectivity index (χ4n) is 1.63. The van der Waals surface area contributed by atoms with Crippen molar-refractivity contribution in [3.05, 3.63) is 47.7 Å². The maximum Gasteiger partial charge on any atom is 0.0415 e. The SMILES string of the molecule is C=CCC1=C(NC)C(C)=C1C=C. The molecule has 64 valence electrons. The Balaban J connectivity index is 2.86. The van der Waals surface area contributed by atoms with E-state index in [0.717, 1.165) is 6.42 Å². The Hall–Kier alpha value is -1.24. The number of likely N-dealkylation sites (N-methyl/N-ethyl adjacent to an activating group) is 1. The van der Waals surface area contributed by atoms with Crippen molar-refractivity contribution in [3.8, 4) is 0 Å². The highest BCUT2D eigenvalue weighted by molar-refractivity contribution is 5.62. The van der Waals surface area contributed by atoms with Crippen LogP contribution >= 0.6 is 0 Å². The number of hydrogen-bond donors (Lipinski definition) is 1. The van der Waals surface area contributed by atoms with Gasteiger partial charge in [0.25, 0.3) is 0 Å². The zero-order valence-electron chi connectivity index (χ0n) is 7.78. The zero-order valence-corrected chi connectivity index (χ0v) is 7.78. The first-order valence-electron chi connectivity index (χ1n) is 4.12. The van der Waals surface area contributed by atoms with Gasteiger partial charge in [-0.2, -0.15) is 0 Å². The largest absolute Gasteiger partial charge is 0.388 e. The highest BCUT2D eigenvalue weighted by Crippen LogP contribution is 2.35. The van der Waals surface area contributed by atoms with Gasteiger partial charge in [0.1, 0.15) is 0 Å².